The summed E-state index contributed by atoms with van der Waals surface area (Å²) in [6.45, 7) is 0. The average molecular weight is 396 g/mol. The maximum atomic E-state index is 13.1. The molecule has 0 aliphatic heterocycles. The number of aromatic nitrogens is 4. The molecule has 0 atom stereocenters. The van der Waals surface area contributed by atoms with Crippen LogP contribution < -0.4 is 10.3 Å². The molecular formula is C19H14ClN5O3. The average Bonchev–Trinajstić information content (AvgIpc) is 3.23. The zero-order valence-corrected chi connectivity index (χ0v) is 15.4. The largest absolute Gasteiger partial charge is 0.497 e. The van der Waals surface area contributed by atoms with Crippen LogP contribution in [0.1, 0.15) is 5.56 Å². The summed E-state index contributed by atoms with van der Waals surface area (Å²) in [5, 5.41) is 23.9. The molecule has 28 heavy (non-hydrogen) atoms. The first-order valence-corrected chi connectivity index (χ1v) is 8.57. The van der Waals surface area contributed by atoms with Gasteiger partial charge in [0.05, 0.1) is 30.0 Å². The fourth-order valence-corrected chi connectivity index (χ4v) is 2.98. The van der Waals surface area contributed by atoms with E-state index in [4.69, 9.17) is 16.3 Å². The van der Waals surface area contributed by atoms with E-state index in [2.05, 4.69) is 15.3 Å². The first kappa shape index (κ1) is 17.7. The molecule has 0 saturated heterocycles. The highest BCUT2D eigenvalue weighted by molar-refractivity contribution is 6.30. The lowest BCUT2D eigenvalue weighted by molar-refractivity contribution is 0.415. The third-order valence-corrected chi connectivity index (χ3v) is 4.47. The molecule has 2 aromatic carbocycles. The Bertz CT molecular complexity index is 1230. The molecule has 9 heteroatoms. The Kier molecular flexibility index (Phi) is 4.54. The normalized spacial score (nSPS) is 11.4. The molecule has 1 N–H and O–H groups in total. The van der Waals surface area contributed by atoms with Gasteiger partial charge in [0.25, 0.3) is 5.56 Å². The third kappa shape index (κ3) is 3.10. The van der Waals surface area contributed by atoms with Gasteiger partial charge in [0, 0.05) is 10.4 Å². The Morgan fingerprint density at radius 2 is 1.82 bits per heavy atom. The van der Waals surface area contributed by atoms with Crippen molar-refractivity contribution in [3.8, 4) is 17.3 Å². The van der Waals surface area contributed by atoms with Gasteiger partial charge in [-0.1, -0.05) is 11.6 Å². The number of hydrogen-bond acceptors (Lipinski definition) is 6. The Morgan fingerprint density at radius 1 is 1.11 bits per heavy atom. The number of fused-ring (bicyclic) bond motifs is 1. The Labute approximate surface area is 163 Å². The molecule has 0 bridgehead atoms. The van der Waals surface area contributed by atoms with E-state index < -0.39 is 5.56 Å². The molecule has 0 aliphatic rings. The molecule has 2 aromatic heterocycles. The summed E-state index contributed by atoms with van der Waals surface area (Å²) in [7, 11) is 1.52. The van der Waals surface area contributed by atoms with Crippen LogP contribution in [0.5, 0.6) is 11.6 Å². The first-order chi connectivity index (χ1) is 13.6. The number of pyridine rings is 1. The molecule has 4 rings (SSSR count). The second-order valence-corrected chi connectivity index (χ2v) is 6.29. The molecule has 0 saturated carbocycles. The van der Waals surface area contributed by atoms with Gasteiger partial charge in [-0.15, -0.1) is 10.2 Å². The quantitative estimate of drug-likeness (QED) is 0.536. The number of nitrogens with zero attached hydrogens (tertiary/aromatic N) is 5. The smallest absolute Gasteiger partial charge is 0.265 e. The van der Waals surface area contributed by atoms with Crippen molar-refractivity contribution < 1.29 is 9.84 Å². The van der Waals surface area contributed by atoms with E-state index in [1.807, 2.05) is 0 Å². The van der Waals surface area contributed by atoms with Gasteiger partial charge < -0.3 is 9.84 Å². The zero-order chi connectivity index (χ0) is 19.7. The summed E-state index contributed by atoms with van der Waals surface area (Å²) < 4.78 is 7.83. The molecule has 0 unspecified atom stereocenters. The Morgan fingerprint density at radius 3 is 2.50 bits per heavy atom. The van der Waals surface area contributed by atoms with E-state index in [0.29, 0.717) is 32.8 Å². The van der Waals surface area contributed by atoms with E-state index >= 15 is 0 Å². The van der Waals surface area contributed by atoms with Crippen LogP contribution in [0.25, 0.3) is 16.5 Å². The van der Waals surface area contributed by atoms with Crippen LogP contribution >= 0.6 is 11.6 Å². The monoisotopic (exact) mass is 395 g/mol. The van der Waals surface area contributed by atoms with E-state index in [9.17, 15) is 9.90 Å². The number of methoxy groups -OCH3 is 1. The van der Waals surface area contributed by atoms with Crippen LogP contribution in [0.2, 0.25) is 5.02 Å². The highest BCUT2D eigenvalue weighted by Crippen LogP contribution is 2.28. The lowest BCUT2D eigenvalue weighted by atomic mass is 10.1. The van der Waals surface area contributed by atoms with Crippen LogP contribution in [-0.2, 0) is 0 Å². The fourth-order valence-electron chi connectivity index (χ4n) is 2.86. The summed E-state index contributed by atoms with van der Waals surface area (Å²) in [6.07, 6.45) is 4.27. The van der Waals surface area contributed by atoms with E-state index in [1.54, 1.807) is 42.5 Å². The molecule has 0 spiro atoms. The van der Waals surface area contributed by atoms with Gasteiger partial charge in [-0.25, -0.2) is 9.24 Å². The van der Waals surface area contributed by atoms with Crippen molar-refractivity contribution in [2.24, 2.45) is 5.10 Å². The van der Waals surface area contributed by atoms with Crippen molar-refractivity contribution in [2.75, 3.05) is 7.11 Å². The second kappa shape index (κ2) is 7.16. The zero-order valence-electron chi connectivity index (χ0n) is 14.7. The minimum Gasteiger partial charge on any atom is -0.497 e. The molecule has 4 aromatic rings. The van der Waals surface area contributed by atoms with Gasteiger partial charge in [-0.2, -0.15) is 5.10 Å². The molecule has 8 nitrogen and oxygen atoms in total. The fraction of sp³-hybridized carbons (Fsp3) is 0.0526. The Balaban J connectivity index is 2.03. The van der Waals surface area contributed by atoms with Crippen molar-refractivity contribution >= 4 is 28.6 Å². The molecule has 0 radical (unpaired) electrons. The van der Waals surface area contributed by atoms with Crippen molar-refractivity contribution in [3.63, 3.8) is 0 Å². The van der Waals surface area contributed by atoms with E-state index in [0.717, 1.165) is 0 Å². The van der Waals surface area contributed by atoms with Crippen molar-refractivity contribution in [3.05, 3.63) is 76.1 Å². The van der Waals surface area contributed by atoms with Crippen LogP contribution in [0.15, 0.2) is 65.0 Å². The van der Waals surface area contributed by atoms with E-state index in [1.165, 1.54) is 35.2 Å². The predicted octanol–water partition coefficient (Wildman–Crippen LogP) is 2.83. The van der Waals surface area contributed by atoms with Crippen molar-refractivity contribution in [2.45, 2.75) is 0 Å². The minimum absolute atomic E-state index is 0.248. The number of aromatic hydroxyl groups is 1. The van der Waals surface area contributed by atoms with Crippen molar-refractivity contribution in [1.82, 2.24) is 19.4 Å². The summed E-state index contributed by atoms with van der Waals surface area (Å²) in [4.78, 5) is 13.1. The van der Waals surface area contributed by atoms with Crippen molar-refractivity contribution in [1.29, 1.82) is 0 Å². The number of rotatable bonds is 4. The van der Waals surface area contributed by atoms with Gasteiger partial charge in [-0.3, -0.25) is 4.79 Å². The van der Waals surface area contributed by atoms with Gasteiger partial charge >= 0.3 is 0 Å². The molecule has 2 heterocycles. The van der Waals surface area contributed by atoms with E-state index in [-0.39, 0.29) is 5.88 Å². The maximum Gasteiger partial charge on any atom is 0.265 e. The number of halogens is 1. The molecule has 0 fully saturated rings. The first-order valence-electron chi connectivity index (χ1n) is 8.19. The predicted molar refractivity (Wildman–Crippen MR) is 106 cm³/mol. The number of ether oxygens (including phenoxy) is 1. The van der Waals surface area contributed by atoms with Crippen LogP contribution in [0.3, 0.4) is 0 Å². The minimum atomic E-state index is -0.393. The summed E-state index contributed by atoms with van der Waals surface area (Å²) in [5.74, 6) is 0.279. The third-order valence-electron chi connectivity index (χ3n) is 4.21. The van der Waals surface area contributed by atoms with Crippen LogP contribution in [0.4, 0.5) is 0 Å². The lowest BCUT2D eigenvalue weighted by Crippen LogP contribution is -2.20. The number of benzene rings is 2. The summed E-state index contributed by atoms with van der Waals surface area (Å²) in [5.41, 5.74) is 0.437. The lowest BCUT2D eigenvalue weighted by Gasteiger charge is -2.14. The highest BCUT2D eigenvalue weighted by Gasteiger charge is 2.17. The van der Waals surface area contributed by atoms with Crippen LogP contribution in [0, 0.1) is 0 Å². The Hall–Kier alpha value is -3.65. The standard InChI is InChI=1S/C19H14ClN5O3/c1-28-14-6-7-15-16(8-14)18(26)25(13-4-2-12(20)3-5-13)19(27)17(15)9-23-24-10-21-22-11-24/h2-11,27H,1H3/b23-9+. The molecule has 140 valence electrons. The molecular weight excluding hydrogens is 382 g/mol. The van der Waals surface area contributed by atoms with Gasteiger partial charge in [0.15, 0.2) is 0 Å². The van der Waals surface area contributed by atoms with Gasteiger partial charge in [0.1, 0.15) is 18.4 Å². The van der Waals surface area contributed by atoms with Gasteiger partial charge in [0.2, 0.25) is 5.88 Å². The maximum absolute atomic E-state index is 13.1. The van der Waals surface area contributed by atoms with Crippen LogP contribution in [-0.4, -0.2) is 37.9 Å². The molecule has 0 aliphatic carbocycles. The summed E-state index contributed by atoms with van der Waals surface area (Å²) in [6, 6.07) is 11.6. The van der Waals surface area contributed by atoms with Gasteiger partial charge in [-0.05, 0) is 42.5 Å². The summed E-state index contributed by atoms with van der Waals surface area (Å²) >= 11 is 5.95. The number of hydrogen-bond donors (Lipinski definition) is 1. The topological polar surface area (TPSA) is 94.5 Å². The highest BCUT2D eigenvalue weighted by atomic mass is 35.5. The second-order valence-electron chi connectivity index (χ2n) is 5.85. The SMILES string of the molecule is COc1ccc2c(/C=N/n3cnnc3)c(O)n(-c3ccc(Cl)cc3)c(=O)c2c1. The molecule has 0 amide bonds.